The third-order valence-electron chi connectivity index (χ3n) is 12.3. The molecule has 0 aromatic carbocycles. The Labute approximate surface area is 360 Å². The van der Waals surface area contributed by atoms with Crippen molar-refractivity contribution in [1.29, 1.82) is 0 Å². The van der Waals surface area contributed by atoms with E-state index in [-0.39, 0.29) is 5.97 Å². The third kappa shape index (κ3) is 52.9. The van der Waals surface area contributed by atoms with E-state index >= 15 is 0 Å². The lowest BCUT2D eigenvalue weighted by Gasteiger charge is -2.06. The molecule has 0 aliphatic rings. The Morgan fingerprint density at radius 2 is 0.667 bits per heavy atom. The predicted octanol–water partition coefficient (Wildman–Crippen LogP) is 19.9. The van der Waals surface area contributed by atoms with Gasteiger partial charge in [-0.15, -0.1) is 0 Å². The number of hydrogen-bond donors (Lipinski definition) is 0. The number of hydrogen-bond acceptors (Lipinski definition) is 2. The topological polar surface area (TPSA) is 26.3 Å². The fraction of sp³-hybridized carbons (Fsp3) is 0.909. The van der Waals surface area contributed by atoms with Crippen molar-refractivity contribution in [1.82, 2.24) is 0 Å². The fourth-order valence-electron chi connectivity index (χ4n) is 8.30. The molecule has 0 amide bonds. The molecule has 0 saturated carbocycles. The Morgan fingerprint density at radius 1 is 0.368 bits per heavy atom. The van der Waals surface area contributed by atoms with Gasteiger partial charge in [-0.2, -0.15) is 0 Å². The lowest BCUT2D eigenvalue weighted by atomic mass is 10.0. The van der Waals surface area contributed by atoms with E-state index in [4.69, 9.17) is 4.74 Å². The van der Waals surface area contributed by atoms with Crippen molar-refractivity contribution in [3.63, 3.8) is 0 Å². The van der Waals surface area contributed by atoms with Gasteiger partial charge in [-0.1, -0.05) is 283 Å². The van der Waals surface area contributed by atoms with E-state index in [2.05, 4.69) is 45.1 Å². The van der Waals surface area contributed by atoms with Crippen LogP contribution in [-0.2, 0) is 9.53 Å². The molecular weight excluding hydrogens is 693 g/mol. The maximum Gasteiger partial charge on any atom is 0.305 e. The lowest BCUT2D eigenvalue weighted by molar-refractivity contribution is -0.143. The van der Waals surface area contributed by atoms with Gasteiger partial charge in [0.25, 0.3) is 0 Å². The number of ether oxygens (including phenoxy) is 1. The van der Waals surface area contributed by atoms with Gasteiger partial charge in [-0.05, 0) is 50.9 Å². The SMILES string of the molecule is CCCCC/C=C\C/C=C\CCCCCCCC(=O)OCCCCCCCCCCCCCCCCCCCCCCCCCCCCCCCCCCC(C)C. The smallest absolute Gasteiger partial charge is 0.305 e. The van der Waals surface area contributed by atoms with Gasteiger partial charge in [-0.25, -0.2) is 0 Å². The van der Waals surface area contributed by atoms with Crippen molar-refractivity contribution < 1.29 is 9.53 Å². The maximum absolute atomic E-state index is 12.0. The van der Waals surface area contributed by atoms with E-state index in [0.29, 0.717) is 13.0 Å². The highest BCUT2D eigenvalue weighted by Crippen LogP contribution is 2.18. The first kappa shape index (κ1) is 55.9. The quantitative estimate of drug-likeness (QED) is 0.0348. The second-order valence-electron chi connectivity index (χ2n) is 18.7. The van der Waals surface area contributed by atoms with Gasteiger partial charge in [0.05, 0.1) is 6.61 Å². The first-order chi connectivity index (χ1) is 28.2. The van der Waals surface area contributed by atoms with Crippen LogP contribution in [0.3, 0.4) is 0 Å². The zero-order valence-electron chi connectivity index (χ0n) is 39.7. The Hall–Kier alpha value is -1.05. The van der Waals surface area contributed by atoms with Gasteiger partial charge in [0.1, 0.15) is 0 Å². The normalized spacial score (nSPS) is 11.9. The molecule has 0 spiro atoms. The largest absolute Gasteiger partial charge is 0.466 e. The summed E-state index contributed by atoms with van der Waals surface area (Å²) in [4.78, 5) is 12.0. The Balaban J connectivity index is 3.16. The van der Waals surface area contributed by atoms with Crippen LogP contribution in [0.25, 0.3) is 0 Å². The second-order valence-corrected chi connectivity index (χ2v) is 18.7. The highest BCUT2D eigenvalue weighted by Gasteiger charge is 2.03. The van der Waals surface area contributed by atoms with E-state index in [1.165, 1.54) is 257 Å². The molecule has 0 saturated heterocycles. The summed E-state index contributed by atoms with van der Waals surface area (Å²) < 4.78 is 5.48. The van der Waals surface area contributed by atoms with Crippen molar-refractivity contribution >= 4 is 5.97 Å². The Bertz CT molecular complexity index is 796. The third-order valence-corrected chi connectivity index (χ3v) is 12.3. The van der Waals surface area contributed by atoms with Crippen LogP contribution >= 0.6 is 0 Å². The average molecular weight is 799 g/mol. The molecule has 57 heavy (non-hydrogen) atoms. The Morgan fingerprint density at radius 3 is 1.02 bits per heavy atom. The van der Waals surface area contributed by atoms with E-state index in [0.717, 1.165) is 31.6 Å². The zero-order chi connectivity index (χ0) is 41.2. The minimum absolute atomic E-state index is 0.0154. The summed E-state index contributed by atoms with van der Waals surface area (Å²) in [6.07, 6.45) is 70.5. The minimum Gasteiger partial charge on any atom is -0.466 e. The molecule has 2 nitrogen and oxygen atoms in total. The van der Waals surface area contributed by atoms with Crippen LogP contribution in [0.15, 0.2) is 24.3 Å². The molecule has 0 atom stereocenters. The highest BCUT2D eigenvalue weighted by molar-refractivity contribution is 5.69. The van der Waals surface area contributed by atoms with Gasteiger partial charge in [0.15, 0.2) is 0 Å². The molecule has 0 aromatic rings. The molecule has 0 unspecified atom stereocenters. The summed E-state index contributed by atoms with van der Waals surface area (Å²) in [6.45, 7) is 7.58. The highest BCUT2D eigenvalue weighted by atomic mass is 16.5. The van der Waals surface area contributed by atoms with Gasteiger partial charge in [0, 0.05) is 6.42 Å². The van der Waals surface area contributed by atoms with E-state index < -0.39 is 0 Å². The molecule has 0 rings (SSSR count). The number of esters is 1. The van der Waals surface area contributed by atoms with E-state index in [1.807, 2.05) is 0 Å². The van der Waals surface area contributed by atoms with Crippen molar-refractivity contribution in [3.05, 3.63) is 24.3 Å². The summed E-state index contributed by atoms with van der Waals surface area (Å²) >= 11 is 0. The lowest BCUT2D eigenvalue weighted by Crippen LogP contribution is -2.05. The summed E-state index contributed by atoms with van der Waals surface area (Å²) in [5.74, 6) is 0.904. The first-order valence-corrected chi connectivity index (χ1v) is 26.6. The maximum atomic E-state index is 12.0. The van der Waals surface area contributed by atoms with E-state index in [1.54, 1.807) is 0 Å². The van der Waals surface area contributed by atoms with Gasteiger partial charge >= 0.3 is 5.97 Å². The predicted molar refractivity (Wildman–Crippen MR) is 258 cm³/mol. The number of unbranched alkanes of at least 4 members (excludes halogenated alkanes) is 39. The van der Waals surface area contributed by atoms with E-state index in [9.17, 15) is 4.79 Å². The molecule has 0 radical (unpaired) electrons. The standard InChI is InChI=1S/C55H106O2/c1-4-5-6-7-8-9-10-11-30-34-37-40-43-46-49-52-55(56)57-53-50-47-44-41-38-35-32-29-27-25-23-21-19-17-15-13-12-14-16-18-20-22-24-26-28-31-33-36-39-42-45-48-51-54(2)3/h8-9,11,30,54H,4-7,10,12-29,31-53H2,1-3H3/b9-8-,30-11-. The van der Waals surface area contributed by atoms with Gasteiger partial charge in [0.2, 0.25) is 0 Å². The number of carbonyl (C=O) groups excluding carboxylic acids is 1. The summed E-state index contributed by atoms with van der Waals surface area (Å²) in [6, 6.07) is 0. The minimum atomic E-state index is 0.0154. The van der Waals surface area contributed by atoms with Crippen LogP contribution < -0.4 is 0 Å². The zero-order valence-corrected chi connectivity index (χ0v) is 39.7. The van der Waals surface area contributed by atoms with Crippen LogP contribution in [-0.4, -0.2) is 12.6 Å². The first-order valence-electron chi connectivity index (χ1n) is 26.6. The van der Waals surface area contributed by atoms with Crippen molar-refractivity contribution in [2.75, 3.05) is 6.61 Å². The molecule has 0 N–H and O–H groups in total. The van der Waals surface area contributed by atoms with Crippen molar-refractivity contribution in [3.8, 4) is 0 Å². The molecule has 0 bridgehead atoms. The number of allylic oxidation sites excluding steroid dienone is 4. The average Bonchev–Trinajstić information content (AvgIpc) is 3.20. The fourth-order valence-corrected chi connectivity index (χ4v) is 8.30. The van der Waals surface area contributed by atoms with Crippen LogP contribution in [0, 0.1) is 5.92 Å². The molecule has 0 aliphatic heterocycles. The van der Waals surface area contributed by atoms with Crippen LogP contribution in [0.2, 0.25) is 0 Å². The Kier molecular flexibility index (Phi) is 50.2. The van der Waals surface area contributed by atoms with Crippen LogP contribution in [0.1, 0.15) is 310 Å². The molecule has 0 fully saturated rings. The molecule has 0 aliphatic carbocycles. The summed E-state index contributed by atoms with van der Waals surface area (Å²) in [5.41, 5.74) is 0. The van der Waals surface area contributed by atoms with Crippen molar-refractivity contribution in [2.24, 2.45) is 5.92 Å². The number of rotatable bonds is 49. The molecule has 0 aromatic heterocycles. The molecule has 338 valence electrons. The van der Waals surface area contributed by atoms with Crippen LogP contribution in [0.5, 0.6) is 0 Å². The second kappa shape index (κ2) is 51.1. The van der Waals surface area contributed by atoms with Crippen LogP contribution in [0.4, 0.5) is 0 Å². The molecule has 2 heteroatoms. The summed E-state index contributed by atoms with van der Waals surface area (Å²) in [7, 11) is 0. The van der Waals surface area contributed by atoms with Gasteiger partial charge in [-0.3, -0.25) is 4.79 Å². The van der Waals surface area contributed by atoms with Crippen molar-refractivity contribution in [2.45, 2.75) is 310 Å². The molecular formula is C55H106O2. The number of carbonyl (C=O) groups is 1. The monoisotopic (exact) mass is 799 g/mol. The summed E-state index contributed by atoms with van der Waals surface area (Å²) in [5, 5.41) is 0. The van der Waals surface area contributed by atoms with Gasteiger partial charge < -0.3 is 4.74 Å². The molecule has 0 heterocycles.